The van der Waals surface area contributed by atoms with Gasteiger partial charge in [0.1, 0.15) is 5.76 Å². The van der Waals surface area contributed by atoms with E-state index in [-0.39, 0.29) is 6.04 Å². The second-order valence-corrected chi connectivity index (χ2v) is 3.38. The fourth-order valence-electron chi connectivity index (χ4n) is 1.40. The van der Waals surface area contributed by atoms with Crippen LogP contribution in [0.15, 0.2) is 29.0 Å². The lowest BCUT2D eigenvalue weighted by Crippen LogP contribution is -2.11. The molecule has 1 unspecified atom stereocenters. The summed E-state index contributed by atoms with van der Waals surface area (Å²) in [6, 6.07) is 3.64. The largest absolute Gasteiger partial charge is 0.469 e. The molecule has 0 saturated heterocycles. The van der Waals surface area contributed by atoms with Crippen LogP contribution >= 0.6 is 0 Å². The minimum absolute atomic E-state index is 0.200. The number of nitrogens with zero attached hydrogens (tertiary/aromatic N) is 2. The van der Waals surface area contributed by atoms with Crippen LogP contribution in [0.25, 0.3) is 0 Å². The van der Waals surface area contributed by atoms with Crippen molar-refractivity contribution in [1.29, 1.82) is 0 Å². The van der Waals surface area contributed by atoms with Gasteiger partial charge in [-0.3, -0.25) is 4.68 Å². The molecule has 0 aliphatic carbocycles. The molecule has 0 spiro atoms. The molecular formula is C10H13N3O. The quantitative estimate of drug-likeness (QED) is 0.780. The van der Waals surface area contributed by atoms with Crippen molar-refractivity contribution in [2.75, 3.05) is 0 Å². The average molecular weight is 191 g/mol. The molecule has 0 radical (unpaired) electrons. The second-order valence-electron chi connectivity index (χ2n) is 3.38. The maximum atomic E-state index is 6.01. The standard InChI is InChI=1S/C10H13N3O/c1-7-5-8(6-14-7)10(11)9-3-4-13(2)12-9/h3-6,10H,11H2,1-2H3. The number of hydrogen-bond acceptors (Lipinski definition) is 3. The molecule has 4 nitrogen and oxygen atoms in total. The molecule has 0 aromatic carbocycles. The lowest BCUT2D eigenvalue weighted by molar-refractivity contribution is 0.530. The molecule has 0 aliphatic heterocycles. The summed E-state index contributed by atoms with van der Waals surface area (Å²) in [5.74, 6) is 0.867. The van der Waals surface area contributed by atoms with Gasteiger partial charge < -0.3 is 10.2 Å². The SMILES string of the molecule is Cc1cc(C(N)c2ccn(C)n2)co1. The van der Waals surface area contributed by atoms with E-state index < -0.39 is 0 Å². The van der Waals surface area contributed by atoms with Crippen molar-refractivity contribution in [3.63, 3.8) is 0 Å². The van der Waals surface area contributed by atoms with Gasteiger partial charge in [-0.15, -0.1) is 0 Å². The van der Waals surface area contributed by atoms with Gasteiger partial charge in [-0.25, -0.2) is 0 Å². The Morgan fingerprint density at radius 3 is 2.86 bits per heavy atom. The molecule has 0 amide bonds. The molecule has 2 aromatic heterocycles. The Morgan fingerprint density at radius 1 is 1.57 bits per heavy atom. The van der Waals surface area contributed by atoms with E-state index in [0.29, 0.717) is 0 Å². The smallest absolute Gasteiger partial charge is 0.101 e. The van der Waals surface area contributed by atoms with Gasteiger partial charge in [0.15, 0.2) is 0 Å². The predicted molar refractivity (Wildman–Crippen MR) is 52.7 cm³/mol. The molecule has 2 aromatic rings. The number of aromatic nitrogens is 2. The highest BCUT2D eigenvalue weighted by Crippen LogP contribution is 2.19. The summed E-state index contributed by atoms with van der Waals surface area (Å²) in [6.45, 7) is 1.90. The van der Waals surface area contributed by atoms with Crippen molar-refractivity contribution >= 4 is 0 Å². The molecule has 0 fully saturated rings. The predicted octanol–water partition coefficient (Wildman–Crippen LogP) is 1.37. The highest BCUT2D eigenvalue weighted by molar-refractivity contribution is 5.24. The third-order valence-corrected chi connectivity index (χ3v) is 2.16. The van der Waals surface area contributed by atoms with Gasteiger partial charge in [0.25, 0.3) is 0 Å². The van der Waals surface area contributed by atoms with Crippen LogP contribution in [0.4, 0.5) is 0 Å². The number of furan rings is 1. The molecule has 0 bridgehead atoms. The maximum absolute atomic E-state index is 6.01. The first-order chi connectivity index (χ1) is 6.66. The Morgan fingerprint density at radius 2 is 2.36 bits per heavy atom. The van der Waals surface area contributed by atoms with Crippen LogP contribution in [0.3, 0.4) is 0 Å². The van der Waals surface area contributed by atoms with Gasteiger partial charge in [-0.2, -0.15) is 5.10 Å². The van der Waals surface area contributed by atoms with Crippen LogP contribution < -0.4 is 5.73 Å². The maximum Gasteiger partial charge on any atom is 0.101 e. The molecule has 2 heterocycles. The Labute approximate surface area is 82.3 Å². The highest BCUT2D eigenvalue weighted by Gasteiger charge is 2.13. The van der Waals surface area contributed by atoms with Gasteiger partial charge in [-0.1, -0.05) is 0 Å². The lowest BCUT2D eigenvalue weighted by Gasteiger charge is -2.04. The molecule has 0 saturated carbocycles. The zero-order valence-corrected chi connectivity index (χ0v) is 8.27. The van der Waals surface area contributed by atoms with Gasteiger partial charge in [0.05, 0.1) is 18.0 Å². The molecule has 2 N–H and O–H groups in total. The monoisotopic (exact) mass is 191 g/mol. The van der Waals surface area contributed by atoms with E-state index >= 15 is 0 Å². The van der Waals surface area contributed by atoms with E-state index in [0.717, 1.165) is 17.0 Å². The lowest BCUT2D eigenvalue weighted by atomic mass is 10.1. The summed E-state index contributed by atoms with van der Waals surface area (Å²) in [7, 11) is 1.87. The summed E-state index contributed by atoms with van der Waals surface area (Å²) in [4.78, 5) is 0. The summed E-state index contributed by atoms with van der Waals surface area (Å²) in [5.41, 5.74) is 7.82. The summed E-state index contributed by atoms with van der Waals surface area (Å²) < 4.78 is 6.94. The number of hydrogen-bond donors (Lipinski definition) is 1. The van der Waals surface area contributed by atoms with Crippen molar-refractivity contribution in [3.05, 3.63) is 41.6 Å². The molecule has 1 atom stereocenters. The van der Waals surface area contributed by atoms with E-state index in [2.05, 4.69) is 5.10 Å². The zero-order valence-electron chi connectivity index (χ0n) is 8.27. The molecule has 14 heavy (non-hydrogen) atoms. The van der Waals surface area contributed by atoms with Crippen molar-refractivity contribution in [2.45, 2.75) is 13.0 Å². The molecule has 2 rings (SSSR count). The minimum atomic E-state index is -0.200. The van der Waals surface area contributed by atoms with Crippen LogP contribution in [0.1, 0.15) is 23.1 Å². The fraction of sp³-hybridized carbons (Fsp3) is 0.300. The number of rotatable bonds is 2. The first-order valence-electron chi connectivity index (χ1n) is 4.47. The molecule has 4 heteroatoms. The normalized spacial score (nSPS) is 13.1. The summed E-state index contributed by atoms with van der Waals surface area (Å²) >= 11 is 0. The van der Waals surface area contributed by atoms with Crippen LogP contribution in [0.5, 0.6) is 0 Å². The van der Waals surface area contributed by atoms with E-state index in [1.54, 1.807) is 10.9 Å². The van der Waals surface area contributed by atoms with E-state index in [9.17, 15) is 0 Å². The van der Waals surface area contributed by atoms with E-state index in [1.807, 2.05) is 32.3 Å². The van der Waals surface area contributed by atoms with Gasteiger partial charge in [0, 0.05) is 18.8 Å². The summed E-state index contributed by atoms with van der Waals surface area (Å²) in [5, 5.41) is 4.25. The van der Waals surface area contributed by atoms with Crippen molar-refractivity contribution in [2.24, 2.45) is 12.8 Å². The number of nitrogens with two attached hydrogens (primary N) is 1. The third-order valence-electron chi connectivity index (χ3n) is 2.16. The van der Waals surface area contributed by atoms with Gasteiger partial charge >= 0.3 is 0 Å². The van der Waals surface area contributed by atoms with Crippen LogP contribution in [-0.2, 0) is 7.05 Å². The van der Waals surface area contributed by atoms with Gasteiger partial charge in [0.2, 0.25) is 0 Å². The van der Waals surface area contributed by atoms with E-state index in [4.69, 9.17) is 10.2 Å². The Kier molecular flexibility index (Phi) is 2.13. The highest BCUT2D eigenvalue weighted by atomic mass is 16.3. The fourth-order valence-corrected chi connectivity index (χ4v) is 1.40. The van der Waals surface area contributed by atoms with Crippen LogP contribution in [0, 0.1) is 6.92 Å². The summed E-state index contributed by atoms with van der Waals surface area (Å²) in [6.07, 6.45) is 3.55. The molecule has 0 aliphatic rings. The van der Waals surface area contributed by atoms with Crippen molar-refractivity contribution in [3.8, 4) is 0 Å². The minimum Gasteiger partial charge on any atom is -0.469 e. The number of aryl methyl sites for hydroxylation is 2. The van der Waals surface area contributed by atoms with Crippen molar-refractivity contribution < 1.29 is 4.42 Å². The Hall–Kier alpha value is -1.55. The first kappa shape index (κ1) is 9.02. The van der Waals surface area contributed by atoms with Gasteiger partial charge in [-0.05, 0) is 19.1 Å². The third kappa shape index (κ3) is 1.56. The molecular weight excluding hydrogens is 178 g/mol. The van der Waals surface area contributed by atoms with Crippen LogP contribution in [-0.4, -0.2) is 9.78 Å². The zero-order chi connectivity index (χ0) is 10.1. The second kappa shape index (κ2) is 3.31. The van der Waals surface area contributed by atoms with E-state index in [1.165, 1.54) is 0 Å². The molecule has 74 valence electrons. The topological polar surface area (TPSA) is 57.0 Å². The Balaban J connectivity index is 2.28. The Bertz CT molecular complexity index is 390. The van der Waals surface area contributed by atoms with Crippen LogP contribution in [0.2, 0.25) is 0 Å². The first-order valence-corrected chi connectivity index (χ1v) is 4.47. The van der Waals surface area contributed by atoms with Crippen molar-refractivity contribution in [1.82, 2.24) is 9.78 Å². The average Bonchev–Trinajstić information content (AvgIpc) is 2.73.